The number of hydrogen-bond acceptors (Lipinski definition) is 4. The van der Waals surface area contributed by atoms with Crippen LogP contribution in [-0.4, -0.2) is 44.7 Å². The topological polar surface area (TPSA) is 50.8 Å². The number of nitrogens with zero attached hydrogens (tertiary/aromatic N) is 1. The molecule has 1 aliphatic heterocycles. The molecule has 3 rings (SSSR count). The van der Waals surface area contributed by atoms with Crippen LogP contribution in [0.3, 0.4) is 0 Å². The first-order chi connectivity index (χ1) is 12.7. The number of carbonyl (C=O) groups is 1. The molecule has 5 nitrogen and oxygen atoms in total. The number of rotatable bonds is 7. The van der Waals surface area contributed by atoms with Crippen molar-refractivity contribution in [2.75, 3.05) is 33.9 Å². The Labute approximate surface area is 156 Å². The number of ether oxygens (including phenoxy) is 2. The van der Waals surface area contributed by atoms with Crippen LogP contribution in [-0.2, 0) is 11.2 Å². The van der Waals surface area contributed by atoms with Gasteiger partial charge in [0.25, 0.3) is 0 Å². The number of fused-ring (bicyclic) bond motifs is 1. The van der Waals surface area contributed by atoms with Gasteiger partial charge in [0.2, 0.25) is 5.91 Å². The number of nitrogens with one attached hydrogen (secondary N) is 1. The lowest BCUT2D eigenvalue weighted by atomic mass is 9.91. The molecule has 1 amide bonds. The van der Waals surface area contributed by atoms with E-state index in [2.05, 4.69) is 28.9 Å². The molecule has 1 aromatic rings. The lowest BCUT2D eigenvalue weighted by molar-refractivity contribution is -0.125. The highest BCUT2D eigenvalue weighted by atomic mass is 16.5. The van der Waals surface area contributed by atoms with E-state index >= 15 is 0 Å². The molecule has 0 saturated heterocycles. The summed E-state index contributed by atoms with van der Waals surface area (Å²) in [4.78, 5) is 14.9. The standard InChI is InChI=1S/C21H30N2O3/c1-4-10-23-11-9-16-12-19(25-2)20(26-3)13-17(16)18(23)14-22-21(24)15-7-5-6-8-15/h4,12-13,15,18H,1,5-11,14H2,2-3H3,(H,22,24)/t18-/m0/s1. The van der Waals surface area contributed by atoms with E-state index in [1.54, 1.807) is 14.2 Å². The molecular formula is C21H30N2O3. The maximum Gasteiger partial charge on any atom is 0.223 e. The predicted molar refractivity (Wildman–Crippen MR) is 103 cm³/mol. The van der Waals surface area contributed by atoms with Gasteiger partial charge in [0.15, 0.2) is 11.5 Å². The Morgan fingerprint density at radius 2 is 1.96 bits per heavy atom. The molecular weight excluding hydrogens is 328 g/mol. The highest BCUT2D eigenvalue weighted by molar-refractivity contribution is 5.78. The van der Waals surface area contributed by atoms with Crippen LogP contribution in [0.2, 0.25) is 0 Å². The molecule has 0 spiro atoms. The minimum Gasteiger partial charge on any atom is -0.493 e. The van der Waals surface area contributed by atoms with Gasteiger partial charge in [-0.25, -0.2) is 0 Å². The van der Waals surface area contributed by atoms with Gasteiger partial charge in [-0.05, 0) is 42.5 Å². The molecule has 1 atom stereocenters. The van der Waals surface area contributed by atoms with Gasteiger partial charge in [-0.15, -0.1) is 6.58 Å². The Hall–Kier alpha value is -2.01. The highest BCUT2D eigenvalue weighted by Crippen LogP contribution is 2.38. The normalized spacial score (nSPS) is 20.5. The summed E-state index contributed by atoms with van der Waals surface area (Å²) in [5.41, 5.74) is 2.48. The van der Waals surface area contributed by atoms with Crippen molar-refractivity contribution in [2.24, 2.45) is 5.92 Å². The predicted octanol–water partition coefficient (Wildman–Crippen LogP) is 3.10. The molecule has 26 heavy (non-hydrogen) atoms. The average Bonchev–Trinajstić information content (AvgIpc) is 3.20. The van der Waals surface area contributed by atoms with Gasteiger partial charge in [0, 0.05) is 25.6 Å². The van der Waals surface area contributed by atoms with Crippen LogP contribution >= 0.6 is 0 Å². The van der Waals surface area contributed by atoms with Gasteiger partial charge in [0.1, 0.15) is 0 Å². The Morgan fingerprint density at radius 3 is 2.62 bits per heavy atom. The zero-order valence-corrected chi connectivity index (χ0v) is 15.9. The largest absolute Gasteiger partial charge is 0.493 e. The third-order valence-corrected chi connectivity index (χ3v) is 5.67. The van der Waals surface area contributed by atoms with Crippen molar-refractivity contribution in [1.29, 1.82) is 0 Å². The molecule has 142 valence electrons. The smallest absolute Gasteiger partial charge is 0.223 e. The molecule has 5 heteroatoms. The molecule has 1 heterocycles. The van der Waals surface area contributed by atoms with Crippen LogP contribution in [0.1, 0.15) is 42.9 Å². The van der Waals surface area contributed by atoms with E-state index < -0.39 is 0 Å². The quantitative estimate of drug-likeness (QED) is 0.761. The third-order valence-electron chi connectivity index (χ3n) is 5.67. The molecule has 1 saturated carbocycles. The van der Waals surface area contributed by atoms with E-state index in [0.717, 1.165) is 43.9 Å². The summed E-state index contributed by atoms with van der Waals surface area (Å²) < 4.78 is 11.0. The Bertz CT molecular complexity index is 653. The second kappa shape index (κ2) is 8.58. The highest BCUT2D eigenvalue weighted by Gasteiger charge is 2.30. The van der Waals surface area contributed by atoms with Gasteiger partial charge in [-0.1, -0.05) is 18.9 Å². The van der Waals surface area contributed by atoms with Crippen molar-refractivity contribution >= 4 is 5.91 Å². The molecule has 0 unspecified atom stereocenters. The molecule has 1 fully saturated rings. The molecule has 0 radical (unpaired) electrons. The Morgan fingerprint density at radius 1 is 1.27 bits per heavy atom. The number of amides is 1. The first-order valence-corrected chi connectivity index (χ1v) is 9.55. The minimum atomic E-state index is 0.127. The maximum absolute atomic E-state index is 12.5. The fourth-order valence-electron chi connectivity index (χ4n) is 4.23. The average molecular weight is 358 g/mol. The number of hydrogen-bond donors (Lipinski definition) is 1. The maximum atomic E-state index is 12.5. The summed E-state index contributed by atoms with van der Waals surface area (Å²) in [7, 11) is 3.32. The van der Waals surface area contributed by atoms with Crippen LogP contribution in [0.4, 0.5) is 0 Å². The van der Waals surface area contributed by atoms with Crippen molar-refractivity contribution in [3.8, 4) is 11.5 Å². The Balaban J connectivity index is 1.82. The van der Waals surface area contributed by atoms with Gasteiger partial charge < -0.3 is 14.8 Å². The minimum absolute atomic E-state index is 0.127. The van der Waals surface area contributed by atoms with Crippen molar-refractivity contribution in [2.45, 2.75) is 38.1 Å². The van der Waals surface area contributed by atoms with Crippen molar-refractivity contribution in [1.82, 2.24) is 10.2 Å². The lowest BCUT2D eigenvalue weighted by Gasteiger charge is -2.37. The second-order valence-corrected chi connectivity index (χ2v) is 7.18. The molecule has 1 aliphatic carbocycles. The zero-order chi connectivity index (χ0) is 18.5. The van der Waals surface area contributed by atoms with E-state index in [4.69, 9.17) is 9.47 Å². The third kappa shape index (κ3) is 3.88. The van der Waals surface area contributed by atoms with Crippen LogP contribution in [0.25, 0.3) is 0 Å². The van der Waals surface area contributed by atoms with Crippen molar-refractivity contribution < 1.29 is 14.3 Å². The summed E-state index contributed by atoms with van der Waals surface area (Å²) in [6.45, 7) is 6.25. The Kier molecular flexibility index (Phi) is 6.20. The van der Waals surface area contributed by atoms with Gasteiger partial charge in [0.05, 0.1) is 20.3 Å². The second-order valence-electron chi connectivity index (χ2n) is 7.18. The SMILES string of the molecule is C=CCN1CCc2cc(OC)c(OC)cc2[C@@H]1CNC(=O)C1CCCC1. The molecule has 1 N–H and O–H groups in total. The summed E-state index contributed by atoms with van der Waals surface area (Å²) >= 11 is 0. The number of methoxy groups -OCH3 is 2. The van der Waals surface area contributed by atoms with Crippen LogP contribution < -0.4 is 14.8 Å². The number of benzene rings is 1. The first-order valence-electron chi connectivity index (χ1n) is 9.55. The van der Waals surface area contributed by atoms with E-state index in [9.17, 15) is 4.79 Å². The summed E-state index contributed by atoms with van der Waals surface area (Å²) in [6.07, 6.45) is 7.27. The van der Waals surface area contributed by atoms with E-state index in [-0.39, 0.29) is 17.9 Å². The molecule has 0 bridgehead atoms. The summed E-state index contributed by atoms with van der Waals surface area (Å²) in [5, 5.41) is 3.20. The number of carbonyl (C=O) groups excluding carboxylic acids is 1. The van der Waals surface area contributed by atoms with Crippen LogP contribution in [0.15, 0.2) is 24.8 Å². The molecule has 2 aliphatic rings. The van der Waals surface area contributed by atoms with Crippen LogP contribution in [0, 0.1) is 5.92 Å². The first kappa shape index (κ1) is 18.8. The van der Waals surface area contributed by atoms with Crippen molar-refractivity contribution in [3.05, 3.63) is 35.9 Å². The molecule has 1 aromatic carbocycles. The fraction of sp³-hybridized carbons (Fsp3) is 0.571. The monoisotopic (exact) mass is 358 g/mol. The van der Waals surface area contributed by atoms with Gasteiger partial charge in [-0.2, -0.15) is 0 Å². The zero-order valence-electron chi connectivity index (χ0n) is 15.9. The molecule has 0 aromatic heterocycles. The van der Waals surface area contributed by atoms with Crippen molar-refractivity contribution in [3.63, 3.8) is 0 Å². The van der Waals surface area contributed by atoms with Crippen LogP contribution in [0.5, 0.6) is 11.5 Å². The van der Waals surface area contributed by atoms with E-state index in [1.807, 2.05) is 6.08 Å². The van der Waals surface area contributed by atoms with Gasteiger partial charge >= 0.3 is 0 Å². The summed E-state index contributed by atoms with van der Waals surface area (Å²) in [6, 6.07) is 4.27. The fourth-order valence-corrected chi connectivity index (χ4v) is 4.23. The van der Waals surface area contributed by atoms with E-state index in [0.29, 0.717) is 6.54 Å². The summed E-state index contributed by atoms with van der Waals surface area (Å²) in [5.74, 6) is 1.89. The lowest BCUT2D eigenvalue weighted by Crippen LogP contribution is -2.43. The van der Waals surface area contributed by atoms with E-state index in [1.165, 1.54) is 24.0 Å². The van der Waals surface area contributed by atoms with Gasteiger partial charge in [-0.3, -0.25) is 9.69 Å².